The van der Waals surface area contributed by atoms with E-state index in [-0.39, 0.29) is 11.8 Å². The highest BCUT2D eigenvalue weighted by molar-refractivity contribution is 7.18. The summed E-state index contributed by atoms with van der Waals surface area (Å²) < 4.78 is 1.16. The number of amides is 1. The van der Waals surface area contributed by atoms with Gasteiger partial charge in [0.2, 0.25) is 5.91 Å². The molecule has 0 atom stereocenters. The number of carbonyl (C=O) groups excluding carboxylic acids is 1. The number of fused-ring (bicyclic) bond motifs is 1. The van der Waals surface area contributed by atoms with Gasteiger partial charge in [-0.25, -0.2) is 4.98 Å². The highest BCUT2D eigenvalue weighted by atomic mass is 32.1. The van der Waals surface area contributed by atoms with E-state index >= 15 is 0 Å². The van der Waals surface area contributed by atoms with Crippen molar-refractivity contribution in [2.45, 2.75) is 45.4 Å². The van der Waals surface area contributed by atoms with Gasteiger partial charge in [0.25, 0.3) is 0 Å². The second-order valence-electron chi connectivity index (χ2n) is 5.47. The third-order valence-electron chi connectivity index (χ3n) is 3.98. The number of aryl methyl sites for hydroxylation is 1. The molecule has 1 fully saturated rings. The molecule has 20 heavy (non-hydrogen) atoms. The molecule has 0 radical (unpaired) electrons. The maximum atomic E-state index is 12.2. The Morgan fingerprint density at radius 3 is 2.90 bits per heavy atom. The van der Waals surface area contributed by atoms with E-state index in [1.807, 2.05) is 18.2 Å². The van der Waals surface area contributed by atoms with Crippen LogP contribution in [0.15, 0.2) is 18.2 Å². The molecular weight excluding hydrogens is 268 g/mol. The molecule has 0 bridgehead atoms. The number of carbonyl (C=O) groups is 1. The van der Waals surface area contributed by atoms with Crippen molar-refractivity contribution in [3.63, 3.8) is 0 Å². The van der Waals surface area contributed by atoms with Crippen molar-refractivity contribution in [3.05, 3.63) is 23.2 Å². The summed E-state index contributed by atoms with van der Waals surface area (Å²) in [7, 11) is 0. The number of nitrogens with one attached hydrogen (secondary N) is 1. The van der Waals surface area contributed by atoms with Crippen LogP contribution in [0.2, 0.25) is 0 Å². The third-order valence-corrected chi connectivity index (χ3v) is 5.14. The molecule has 1 N–H and O–H groups in total. The lowest BCUT2D eigenvalue weighted by Gasteiger charge is -2.20. The van der Waals surface area contributed by atoms with Crippen LogP contribution in [0.5, 0.6) is 0 Å². The molecule has 1 aliphatic carbocycles. The molecule has 2 aromatic rings. The summed E-state index contributed by atoms with van der Waals surface area (Å²) in [5.74, 6) is 0.386. The Balaban J connectivity index is 1.74. The Hall–Kier alpha value is -1.42. The van der Waals surface area contributed by atoms with E-state index in [4.69, 9.17) is 0 Å². The zero-order chi connectivity index (χ0) is 13.9. The van der Waals surface area contributed by atoms with E-state index in [0.717, 1.165) is 40.2 Å². The number of nitrogens with zero attached hydrogens (tertiary/aromatic N) is 1. The second kappa shape index (κ2) is 5.92. The van der Waals surface area contributed by atoms with Gasteiger partial charge in [-0.1, -0.05) is 26.2 Å². The minimum absolute atomic E-state index is 0.185. The zero-order valence-corrected chi connectivity index (χ0v) is 12.6. The van der Waals surface area contributed by atoms with E-state index in [2.05, 4.69) is 17.2 Å². The van der Waals surface area contributed by atoms with Crippen LogP contribution in [0.25, 0.3) is 10.2 Å². The summed E-state index contributed by atoms with van der Waals surface area (Å²) >= 11 is 1.71. The molecule has 106 valence electrons. The average molecular weight is 288 g/mol. The topological polar surface area (TPSA) is 42.0 Å². The SMILES string of the molecule is CCc1nc2ccc(NC(=O)C3CCCCC3)cc2s1. The average Bonchev–Trinajstić information content (AvgIpc) is 2.90. The van der Waals surface area contributed by atoms with Crippen molar-refractivity contribution in [2.24, 2.45) is 5.92 Å². The Bertz CT molecular complexity index is 614. The molecule has 1 aromatic carbocycles. The van der Waals surface area contributed by atoms with Gasteiger partial charge in [0.1, 0.15) is 0 Å². The first-order chi connectivity index (χ1) is 9.76. The normalized spacial score (nSPS) is 16.4. The van der Waals surface area contributed by atoms with Gasteiger partial charge in [0.05, 0.1) is 15.2 Å². The molecule has 1 aromatic heterocycles. The van der Waals surface area contributed by atoms with Gasteiger partial charge >= 0.3 is 0 Å². The Kier molecular flexibility index (Phi) is 4.01. The fraction of sp³-hybridized carbons (Fsp3) is 0.500. The van der Waals surface area contributed by atoms with Crippen LogP contribution in [0.1, 0.15) is 44.0 Å². The largest absolute Gasteiger partial charge is 0.326 e. The van der Waals surface area contributed by atoms with Crippen molar-refractivity contribution < 1.29 is 4.79 Å². The monoisotopic (exact) mass is 288 g/mol. The van der Waals surface area contributed by atoms with Crippen LogP contribution >= 0.6 is 11.3 Å². The van der Waals surface area contributed by atoms with Gasteiger partial charge in [0.15, 0.2) is 0 Å². The predicted octanol–water partition coefficient (Wildman–Crippen LogP) is 4.38. The Morgan fingerprint density at radius 1 is 1.35 bits per heavy atom. The lowest BCUT2D eigenvalue weighted by Crippen LogP contribution is -2.24. The van der Waals surface area contributed by atoms with Crippen LogP contribution in [0.3, 0.4) is 0 Å². The van der Waals surface area contributed by atoms with Crippen molar-refractivity contribution in [1.82, 2.24) is 4.98 Å². The van der Waals surface area contributed by atoms with Gasteiger partial charge < -0.3 is 5.32 Å². The number of thiazole rings is 1. The van der Waals surface area contributed by atoms with Crippen LogP contribution in [0.4, 0.5) is 5.69 Å². The van der Waals surface area contributed by atoms with Crippen molar-refractivity contribution in [2.75, 3.05) is 5.32 Å². The van der Waals surface area contributed by atoms with Crippen molar-refractivity contribution >= 4 is 33.1 Å². The highest BCUT2D eigenvalue weighted by Crippen LogP contribution is 2.28. The molecule has 0 aliphatic heterocycles. The summed E-state index contributed by atoms with van der Waals surface area (Å²) in [5, 5.41) is 4.22. The standard InChI is InChI=1S/C16H20N2OS/c1-2-15-18-13-9-8-12(10-14(13)20-15)17-16(19)11-6-4-3-5-7-11/h8-11H,2-7H2,1H3,(H,17,19). The smallest absolute Gasteiger partial charge is 0.227 e. The fourth-order valence-corrected chi connectivity index (χ4v) is 3.76. The van der Waals surface area contributed by atoms with Crippen molar-refractivity contribution in [3.8, 4) is 0 Å². The summed E-state index contributed by atoms with van der Waals surface area (Å²) in [5.41, 5.74) is 1.93. The number of rotatable bonds is 3. The number of hydrogen-bond acceptors (Lipinski definition) is 3. The van der Waals surface area contributed by atoms with Gasteiger partial charge in [-0.3, -0.25) is 4.79 Å². The van der Waals surface area contributed by atoms with E-state index in [9.17, 15) is 4.79 Å². The zero-order valence-electron chi connectivity index (χ0n) is 11.8. The Morgan fingerprint density at radius 2 is 2.15 bits per heavy atom. The molecular formula is C16H20N2OS. The summed E-state index contributed by atoms with van der Waals surface area (Å²) in [4.78, 5) is 16.8. The number of benzene rings is 1. The first kappa shape index (κ1) is 13.6. The van der Waals surface area contributed by atoms with Crippen LogP contribution in [-0.4, -0.2) is 10.9 Å². The van der Waals surface area contributed by atoms with E-state index in [1.165, 1.54) is 19.3 Å². The number of anilines is 1. The molecule has 0 saturated heterocycles. The molecule has 4 heteroatoms. The molecule has 1 heterocycles. The minimum atomic E-state index is 0.185. The molecule has 0 spiro atoms. The van der Waals surface area contributed by atoms with Gasteiger partial charge in [0, 0.05) is 11.6 Å². The maximum absolute atomic E-state index is 12.2. The molecule has 1 saturated carbocycles. The third kappa shape index (κ3) is 2.85. The van der Waals surface area contributed by atoms with Gasteiger partial charge in [-0.05, 0) is 37.5 Å². The molecule has 3 rings (SSSR count). The molecule has 3 nitrogen and oxygen atoms in total. The van der Waals surface area contributed by atoms with E-state index in [1.54, 1.807) is 11.3 Å². The van der Waals surface area contributed by atoms with E-state index in [0.29, 0.717) is 0 Å². The predicted molar refractivity (Wildman–Crippen MR) is 84.2 cm³/mol. The highest BCUT2D eigenvalue weighted by Gasteiger charge is 2.21. The number of hydrogen-bond donors (Lipinski definition) is 1. The molecule has 0 unspecified atom stereocenters. The summed E-state index contributed by atoms with van der Waals surface area (Å²) in [6.07, 6.45) is 6.68. The fourth-order valence-electron chi connectivity index (χ4n) is 2.81. The lowest BCUT2D eigenvalue weighted by atomic mass is 9.88. The quantitative estimate of drug-likeness (QED) is 0.910. The lowest BCUT2D eigenvalue weighted by molar-refractivity contribution is -0.120. The Labute approximate surface area is 123 Å². The second-order valence-corrected chi connectivity index (χ2v) is 6.58. The van der Waals surface area contributed by atoms with Gasteiger partial charge in [-0.15, -0.1) is 11.3 Å². The summed E-state index contributed by atoms with van der Waals surface area (Å²) in [6, 6.07) is 6.01. The first-order valence-corrected chi connectivity index (χ1v) is 8.28. The molecule has 1 aliphatic rings. The summed E-state index contributed by atoms with van der Waals surface area (Å²) in [6.45, 7) is 2.11. The maximum Gasteiger partial charge on any atom is 0.227 e. The first-order valence-electron chi connectivity index (χ1n) is 7.46. The van der Waals surface area contributed by atoms with E-state index < -0.39 is 0 Å². The van der Waals surface area contributed by atoms with Gasteiger partial charge in [-0.2, -0.15) is 0 Å². The number of aromatic nitrogens is 1. The molecule has 1 amide bonds. The van der Waals surface area contributed by atoms with Crippen LogP contribution in [-0.2, 0) is 11.2 Å². The van der Waals surface area contributed by atoms with Crippen LogP contribution < -0.4 is 5.32 Å². The minimum Gasteiger partial charge on any atom is -0.326 e. The van der Waals surface area contributed by atoms with Crippen LogP contribution in [0, 0.1) is 5.92 Å². The van der Waals surface area contributed by atoms with Crippen molar-refractivity contribution in [1.29, 1.82) is 0 Å².